The van der Waals surface area contributed by atoms with E-state index in [0.29, 0.717) is 97.7 Å². The summed E-state index contributed by atoms with van der Waals surface area (Å²) in [4.78, 5) is 112. The van der Waals surface area contributed by atoms with Crippen LogP contribution in [-0.2, 0) is 64.8 Å². The molecule has 0 radical (unpaired) electrons. The Bertz CT molecular complexity index is 7770. The van der Waals surface area contributed by atoms with Crippen LogP contribution < -0.4 is 27.8 Å². The fraction of sp³-hybridized carbons (Fsp3) is 0.278. The molecule has 5 aliphatic heterocycles. The lowest BCUT2D eigenvalue weighted by molar-refractivity contribution is 0.240. The Morgan fingerprint density at radius 3 is 1.04 bits per heavy atom. The van der Waals surface area contributed by atoms with Crippen LogP contribution in [-0.4, -0.2) is 78.7 Å². The van der Waals surface area contributed by atoms with Crippen molar-refractivity contribution in [3.63, 3.8) is 0 Å². The largest absolute Gasteiger partial charge is 0.312 e. The number of fused-ring (bicyclic) bond motifs is 10. The highest BCUT2D eigenvalue weighted by Gasteiger charge is 2.32. The number of pyridine rings is 5. The first kappa shape index (κ1) is 88.3. The molecule has 0 spiro atoms. The number of hydrogen-bond acceptors (Lipinski definition) is 17. The predicted octanol–water partition coefficient (Wildman–Crippen LogP) is 15.4. The number of nitriles is 2. The van der Waals surface area contributed by atoms with Gasteiger partial charge in [-0.25, -0.2) is 56.4 Å². The van der Waals surface area contributed by atoms with Crippen molar-refractivity contribution in [2.24, 2.45) is 21.7 Å². The smallest absolute Gasteiger partial charge is 0.261 e. The summed E-state index contributed by atoms with van der Waals surface area (Å²) in [5.74, 6) is 34.7. The Balaban J connectivity index is 0.000000120. The highest BCUT2D eigenvalue weighted by atomic mass is 16.1. The fourth-order valence-electron chi connectivity index (χ4n) is 16.4. The van der Waals surface area contributed by atoms with Crippen LogP contribution in [0.4, 0.5) is 0 Å². The van der Waals surface area contributed by atoms with Gasteiger partial charge in [-0.2, -0.15) is 10.5 Å². The predicted molar refractivity (Wildman–Crippen MR) is 507 cm³/mol. The Kier molecular flexibility index (Phi) is 25.2. The second-order valence-electron chi connectivity index (χ2n) is 36.7. The van der Waals surface area contributed by atoms with Crippen molar-refractivity contribution in [2.75, 3.05) is 0 Å². The standard InChI is InChI=1S/2C22H18N4O.2C22H21N3O.C20H14N4O/c1-22(2)9-7-20-25-19-12-15(4-6-18(19)21(27)26(20)14-22)3-5-17-11-16(13-23)8-10-24-17;1-22(2)8-10-26-20(13-22)25-19-12-15(4-6-18(19)21(26)27)3-5-17-11-16(14-23)7-9-24-17;2*1-15-4-7-17(23-13-15)8-5-16-6-9-18-19(12-16)24-20-10-11-22(2,3)14-25(20)21(18)26;1-21-16-8-10-19-23-18-12-14(5-7-15-4-2-3-11-22-15)6-9-17(18)20(25)24(19)13-16/h4,6,8,10-12H,7,9,14H2,1-2H3;4,6-7,9,11-12H,8,10,13H2,1-2H3;2*4,6-7,9,12-13H,10-11,14H2,1-3H3;2-4,6,9,11-12,16H,8,10,13H2. The SMILES string of the molecule is CC1(C)CCc2nc3cc(C#Cc4cc(C#N)ccn4)ccc3c(=O)n2C1.CC1(C)CCn2c(nc3cc(C#Cc4cc(C#N)ccn4)ccc3c2=O)C1.Cc1ccc(C#Cc2ccc3c(=O)n4c(nc3c2)CCC(C)(C)C4)nc1.Cc1ccc(C#Cc2ccc3c(=O)n4c(nc3c2)CCC(C)(C)C4)nc1.[C-]#[N+]C1CCc2nc3cc(C#Cc4ccccn4)ccc3c(=O)n2C1. The Morgan fingerprint density at radius 1 is 0.344 bits per heavy atom. The van der Waals surface area contributed by atoms with E-state index in [1.54, 1.807) is 82.6 Å². The molecule has 131 heavy (non-hydrogen) atoms. The minimum Gasteiger partial charge on any atom is -0.312 e. The minimum absolute atomic E-state index is 0.0191. The summed E-state index contributed by atoms with van der Waals surface area (Å²) in [7, 11) is 0. The Labute approximate surface area is 758 Å². The Hall–Kier alpha value is -16.2. The fourth-order valence-corrected chi connectivity index (χ4v) is 16.4. The van der Waals surface area contributed by atoms with Crippen LogP contribution in [0, 0.1) is 124 Å². The van der Waals surface area contributed by atoms with E-state index in [1.165, 1.54) is 0 Å². The quantitative estimate of drug-likeness (QED) is 0.101. The first-order valence-electron chi connectivity index (χ1n) is 43.6. The molecule has 23 heteroatoms. The number of rotatable bonds is 0. The van der Waals surface area contributed by atoms with Crippen LogP contribution >= 0.6 is 0 Å². The third kappa shape index (κ3) is 20.9. The van der Waals surface area contributed by atoms with E-state index in [2.05, 4.69) is 161 Å². The van der Waals surface area contributed by atoms with E-state index < -0.39 is 0 Å². The lowest BCUT2D eigenvalue weighted by Crippen LogP contribution is -2.36. The van der Waals surface area contributed by atoms with E-state index in [0.717, 1.165) is 161 Å². The second kappa shape index (κ2) is 37.4. The van der Waals surface area contributed by atoms with Crippen LogP contribution in [0.15, 0.2) is 213 Å². The van der Waals surface area contributed by atoms with Gasteiger partial charge in [0, 0.05) is 124 Å². The molecule has 0 N–H and O–H groups in total. The van der Waals surface area contributed by atoms with Gasteiger partial charge in [-0.3, -0.25) is 46.8 Å². The summed E-state index contributed by atoms with van der Waals surface area (Å²) in [6.45, 7) is 32.1. The van der Waals surface area contributed by atoms with Crippen LogP contribution in [0.1, 0.15) is 195 Å². The molecule has 0 aliphatic carbocycles. The van der Waals surface area contributed by atoms with E-state index >= 15 is 0 Å². The summed E-state index contributed by atoms with van der Waals surface area (Å²) in [6, 6.07) is 51.6. The number of aromatic nitrogens is 15. The van der Waals surface area contributed by atoms with Crippen LogP contribution in [0.3, 0.4) is 0 Å². The molecule has 0 saturated carbocycles. The van der Waals surface area contributed by atoms with Crippen molar-refractivity contribution in [3.8, 4) is 71.3 Å². The Morgan fingerprint density at radius 2 is 0.687 bits per heavy atom. The van der Waals surface area contributed by atoms with Gasteiger partial charge in [0.1, 0.15) is 64.1 Å². The normalized spacial score (nSPS) is 15.1. The van der Waals surface area contributed by atoms with Gasteiger partial charge in [-0.15, -0.1) is 0 Å². The monoisotopic (exact) mass is 1720 g/mol. The molecule has 1 unspecified atom stereocenters. The average molecular weight is 1720 g/mol. The molecular weight excluding hydrogens is 1630 g/mol. The van der Waals surface area contributed by atoms with Gasteiger partial charge in [0.25, 0.3) is 27.8 Å². The molecule has 1 atom stereocenters. The minimum atomic E-state index is -0.132. The molecule has 5 aromatic carbocycles. The summed E-state index contributed by atoms with van der Waals surface area (Å²) >= 11 is 0. The zero-order valence-corrected chi connectivity index (χ0v) is 74.7. The lowest BCUT2D eigenvalue weighted by Gasteiger charge is -2.31. The van der Waals surface area contributed by atoms with Gasteiger partial charge >= 0.3 is 0 Å². The van der Waals surface area contributed by atoms with Crippen molar-refractivity contribution < 1.29 is 0 Å². The van der Waals surface area contributed by atoms with Gasteiger partial charge < -0.3 is 4.85 Å². The zero-order valence-electron chi connectivity index (χ0n) is 74.7. The summed E-state index contributed by atoms with van der Waals surface area (Å²) in [5, 5.41) is 21.0. The lowest BCUT2D eigenvalue weighted by atomic mass is 9.83. The van der Waals surface area contributed by atoms with Gasteiger partial charge in [0.05, 0.1) is 77.8 Å². The van der Waals surface area contributed by atoms with E-state index in [9.17, 15) is 24.0 Å². The van der Waals surface area contributed by atoms with Gasteiger partial charge in [-0.1, -0.05) is 103 Å². The van der Waals surface area contributed by atoms with Crippen LogP contribution in [0.5, 0.6) is 0 Å². The van der Waals surface area contributed by atoms with Crippen LogP contribution in [0.25, 0.3) is 59.4 Å². The maximum atomic E-state index is 12.9. The third-order valence-corrected chi connectivity index (χ3v) is 23.9. The molecule has 15 heterocycles. The third-order valence-electron chi connectivity index (χ3n) is 23.9. The van der Waals surface area contributed by atoms with Gasteiger partial charge in [-0.05, 0) is 241 Å². The number of hydrogen-bond donors (Lipinski definition) is 0. The number of nitrogens with zero attached hydrogens (tertiary/aromatic N) is 18. The molecule has 0 fully saturated rings. The summed E-state index contributed by atoms with van der Waals surface area (Å²) in [5.41, 5.74) is 14.6. The molecule has 644 valence electrons. The highest BCUT2D eigenvalue weighted by Crippen LogP contribution is 2.34. The molecule has 0 amide bonds. The van der Waals surface area contributed by atoms with E-state index in [-0.39, 0.29) is 55.5 Å². The summed E-state index contributed by atoms with van der Waals surface area (Å²) in [6.07, 6.45) is 17.2. The molecule has 10 aromatic heterocycles. The van der Waals surface area contributed by atoms with Crippen molar-refractivity contribution in [1.29, 1.82) is 10.5 Å². The van der Waals surface area contributed by atoms with E-state index in [1.807, 2.05) is 143 Å². The molecule has 0 saturated heterocycles. The number of benzene rings is 5. The first-order valence-corrected chi connectivity index (χ1v) is 43.6. The first-order chi connectivity index (χ1) is 63.0. The molecule has 20 rings (SSSR count). The van der Waals surface area contributed by atoms with Crippen molar-refractivity contribution in [3.05, 3.63) is 360 Å². The van der Waals surface area contributed by atoms with E-state index in [4.69, 9.17) is 37.0 Å². The molecule has 15 aromatic rings. The topological polar surface area (TPSA) is 291 Å². The van der Waals surface area contributed by atoms with Crippen LogP contribution in [0.2, 0.25) is 0 Å². The molecule has 5 aliphatic rings. The second-order valence-corrected chi connectivity index (χ2v) is 36.7. The average Bonchev–Trinajstić information content (AvgIpc) is 0.776. The molecule has 23 nitrogen and oxygen atoms in total. The van der Waals surface area contributed by atoms with Gasteiger partial charge in [0.2, 0.25) is 6.04 Å². The highest BCUT2D eigenvalue weighted by molar-refractivity contribution is 5.83. The van der Waals surface area contributed by atoms with Crippen molar-refractivity contribution in [2.45, 2.75) is 172 Å². The van der Waals surface area contributed by atoms with Crippen molar-refractivity contribution in [1.82, 2.24) is 72.7 Å². The molecule has 0 bridgehead atoms. The zero-order chi connectivity index (χ0) is 91.9. The number of aryl methyl sites for hydroxylation is 6. The maximum absolute atomic E-state index is 12.9. The maximum Gasteiger partial charge on any atom is 0.261 e. The van der Waals surface area contributed by atoms with Gasteiger partial charge in [0.15, 0.2) is 0 Å². The molecular formula is C108H92N18O5. The summed E-state index contributed by atoms with van der Waals surface area (Å²) < 4.78 is 8.94. The van der Waals surface area contributed by atoms with Crippen molar-refractivity contribution >= 4 is 54.5 Å².